The maximum absolute atomic E-state index is 12.7. The fourth-order valence-electron chi connectivity index (χ4n) is 3.80. The molecule has 20 heavy (non-hydrogen) atoms. The third-order valence-electron chi connectivity index (χ3n) is 5.65. The minimum Gasteiger partial charge on any atom is -0.342 e. The first-order valence-electron chi connectivity index (χ1n) is 8.26. The highest BCUT2D eigenvalue weighted by Gasteiger charge is 2.48. The van der Waals surface area contributed by atoms with Gasteiger partial charge in [-0.15, -0.1) is 0 Å². The molecule has 0 aromatic carbocycles. The molecule has 4 fully saturated rings. The van der Waals surface area contributed by atoms with Crippen molar-refractivity contribution < 1.29 is 9.59 Å². The predicted octanol–water partition coefficient (Wildman–Crippen LogP) is 1.55. The summed E-state index contributed by atoms with van der Waals surface area (Å²) in [6.07, 6.45) is 7.50. The van der Waals surface area contributed by atoms with Gasteiger partial charge < -0.3 is 10.2 Å². The zero-order valence-corrected chi connectivity index (χ0v) is 12.2. The van der Waals surface area contributed by atoms with E-state index in [1.807, 2.05) is 11.8 Å². The molecule has 0 aromatic rings. The van der Waals surface area contributed by atoms with E-state index < -0.39 is 0 Å². The number of nitrogens with one attached hydrogen (secondary N) is 1. The van der Waals surface area contributed by atoms with Gasteiger partial charge in [0, 0.05) is 6.54 Å². The molecule has 1 saturated heterocycles. The molecule has 4 aliphatic rings. The second kappa shape index (κ2) is 4.47. The fraction of sp³-hybridized carbons (Fsp3) is 0.875. The topological polar surface area (TPSA) is 49.4 Å². The molecule has 1 heterocycles. The van der Waals surface area contributed by atoms with Gasteiger partial charge in [-0.1, -0.05) is 0 Å². The molecule has 4 nitrogen and oxygen atoms in total. The van der Waals surface area contributed by atoms with Crippen molar-refractivity contribution in [3.05, 3.63) is 0 Å². The summed E-state index contributed by atoms with van der Waals surface area (Å²) in [5.74, 6) is 2.95. The van der Waals surface area contributed by atoms with Gasteiger partial charge in [0.2, 0.25) is 11.8 Å². The van der Waals surface area contributed by atoms with Crippen molar-refractivity contribution in [3.8, 4) is 0 Å². The van der Waals surface area contributed by atoms with E-state index in [0.717, 1.165) is 31.2 Å². The Balaban J connectivity index is 1.50. The number of hydrogen-bond donors (Lipinski definition) is 1. The minimum absolute atomic E-state index is 0.0480. The van der Waals surface area contributed by atoms with Gasteiger partial charge in [-0.05, 0) is 69.1 Å². The second-order valence-corrected chi connectivity index (χ2v) is 7.33. The minimum atomic E-state index is -0.280. The monoisotopic (exact) mass is 276 g/mol. The zero-order chi connectivity index (χ0) is 13.9. The number of carbonyl (C=O) groups is 2. The van der Waals surface area contributed by atoms with Crippen LogP contribution in [0, 0.1) is 23.7 Å². The van der Waals surface area contributed by atoms with Crippen LogP contribution in [-0.4, -0.2) is 35.3 Å². The summed E-state index contributed by atoms with van der Waals surface area (Å²) in [4.78, 5) is 26.7. The molecule has 1 N–H and O–H groups in total. The Morgan fingerprint density at radius 3 is 2.20 bits per heavy atom. The van der Waals surface area contributed by atoms with Crippen LogP contribution in [0.1, 0.15) is 45.4 Å². The van der Waals surface area contributed by atoms with Crippen molar-refractivity contribution in [1.82, 2.24) is 10.2 Å². The summed E-state index contributed by atoms with van der Waals surface area (Å²) in [5, 5.41) is 2.94. The highest BCUT2D eigenvalue weighted by atomic mass is 16.2. The molecule has 3 aliphatic carbocycles. The van der Waals surface area contributed by atoms with Gasteiger partial charge in [-0.2, -0.15) is 0 Å². The highest BCUT2D eigenvalue weighted by molar-refractivity contribution is 5.97. The van der Waals surface area contributed by atoms with Crippen molar-refractivity contribution >= 4 is 11.8 Å². The lowest BCUT2D eigenvalue weighted by Crippen LogP contribution is -2.63. The molecule has 4 heteroatoms. The van der Waals surface area contributed by atoms with Crippen LogP contribution in [0.25, 0.3) is 0 Å². The Kier molecular flexibility index (Phi) is 2.83. The van der Waals surface area contributed by atoms with Crippen molar-refractivity contribution in [2.24, 2.45) is 23.7 Å². The van der Waals surface area contributed by atoms with Gasteiger partial charge in [-0.3, -0.25) is 9.59 Å². The third kappa shape index (κ3) is 2.23. The number of carbonyl (C=O) groups excluding carboxylic acids is 2. The molecule has 0 spiro atoms. The van der Waals surface area contributed by atoms with Gasteiger partial charge in [0.05, 0.1) is 0 Å². The van der Waals surface area contributed by atoms with Crippen molar-refractivity contribution in [2.75, 3.05) is 6.54 Å². The lowest BCUT2D eigenvalue weighted by molar-refractivity contribution is -0.150. The molecule has 0 aromatic heterocycles. The number of hydrogen-bond acceptors (Lipinski definition) is 2. The lowest BCUT2D eigenvalue weighted by Gasteiger charge is -2.39. The quantitative estimate of drug-likeness (QED) is 0.828. The Labute approximate surface area is 120 Å². The Hall–Kier alpha value is -1.06. The number of amides is 2. The molecule has 2 unspecified atom stereocenters. The predicted molar refractivity (Wildman–Crippen MR) is 74.8 cm³/mol. The molecule has 2 amide bonds. The Morgan fingerprint density at radius 1 is 1.10 bits per heavy atom. The first kappa shape index (κ1) is 12.7. The molecule has 3 saturated carbocycles. The van der Waals surface area contributed by atoms with E-state index in [9.17, 15) is 9.59 Å². The number of rotatable bonds is 5. The molecular formula is C16H24N2O2. The molecule has 1 aliphatic heterocycles. The average Bonchev–Trinajstić information content (AvgIpc) is 3.29. The summed E-state index contributed by atoms with van der Waals surface area (Å²) in [6, 6.07) is -0.504. The van der Waals surface area contributed by atoms with Gasteiger partial charge in [0.25, 0.3) is 0 Å². The Bertz CT molecular complexity index is 426. The summed E-state index contributed by atoms with van der Waals surface area (Å²) < 4.78 is 0. The SMILES string of the molecule is CC1C(=O)NC(C2CC2)C(=O)N1CC(C1CC1)C1CC1. The van der Waals surface area contributed by atoms with Crippen LogP contribution in [0.15, 0.2) is 0 Å². The molecule has 0 radical (unpaired) electrons. The maximum atomic E-state index is 12.7. The van der Waals surface area contributed by atoms with Crippen LogP contribution in [-0.2, 0) is 9.59 Å². The van der Waals surface area contributed by atoms with E-state index in [1.54, 1.807) is 0 Å². The van der Waals surface area contributed by atoms with E-state index in [-0.39, 0.29) is 23.9 Å². The van der Waals surface area contributed by atoms with Crippen LogP contribution < -0.4 is 5.32 Å². The average molecular weight is 276 g/mol. The van der Waals surface area contributed by atoms with E-state index in [1.165, 1.54) is 25.7 Å². The third-order valence-corrected chi connectivity index (χ3v) is 5.65. The number of nitrogens with zero attached hydrogens (tertiary/aromatic N) is 1. The Morgan fingerprint density at radius 2 is 1.70 bits per heavy atom. The molecule has 110 valence electrons. The van der Waals surface area contributed by atoms with Crippen molar-refractivity contribution in [3.63, 3.8) is 0 Å². The standard InChI is InChI=1S/C16H24N2O2/c1-9-15(19)17-14(12-6-7-12)16(20)18(9)8-13(10-2-3-10)11-4-5-11/h9-14H,2-8H2,1H3,(H,17,19). The summed E-state index contributed by atoms with van der Waals surface area (Å²) >= 11 is 0. The van der Waals surface area contributed by atoms with E-state index in [2.05, 4.69) is 5.32 Å². The maximum Gasteiger partial charge on any atom is 0.246 e. The summed E-state index contributed by atoms with van der Waals surface area (Å²) in [7, 11) is 0. The van der Waals surface area contributed by atoms with Crippen molar-refractivity contribution in [1.29, 1.82) is 0 Å². The van der Waals surface area contributed by atoms with Crippen LogP contribution in [0.3, 0.4) is 0 Å². The fourth-order valence-corrected chi connectivity index (χ4v) is 3.80. The van der Waals surface area contributed by atoms with Crippen LogP contribution in [0.5, 0.6) is 0 Å². The largest absolute Gasteiger partial charge is 0.342 e. The highest BCUT2D eigenvalue weighted by Crippen LogP contribution is 2.49. The normalized spacial score (nSPS) is 34.6. The molecular weight excluding hydrogens is 252 g/mol. The van der Waals surface area contributed by atoms with Gasteiger partial charge >= 0.3 is 0 Å². The van der Waals surface area contributed by atoms with E-state index >= 15 is 0 Å². The molecule has 2 atom stereocenters. The van der Waals surface area contributed by atoms with E-state index in [0.29, 0.717) is 11.8 Å². The van der Waals surface area contributed by atoms with Crippen LogP contribution in [0.2, 0.25) is 0 Å². The van der Waals surface area contributed by atoms with Crippen LogP contribution in [0.4, 0.5) is 0 Å². The first-order valence-corrected chi connectivity index (χ1v) is 8.26. The lowest BCUT2D eigenvalue weighted by atomic mass is 9.94. The van der Waals surface area contributed by atoms with Gasteiger partial charge in [0.15, 0.2) is 0 Å². The van der Waals surface area contributed by atoms with Gasteiger partial charge in [0.1, 0.15) is 12.1 Å². The number of piperazine rings is 1. The summed E-state index contributed by atoms with van der Waals surface area (Å²) in [6.45, 7) is 2.71. The molecule has 0 bridgehead atoms. The second-order valence-electron chi connectivity index (χ2n) is 7.33. The van der Waals surface area contributed by atoms with E-state index in [4.69, 9.17) is 0 Å². The molecule has 4 rings (SSSR count). The zero-order valence-electron chi connectivity index (χ0n) is 12.2. The van der Waals surface area contributed by atoms with Crippen molar-refractivity contribution in [2.45, 2.75) is 57.5 Å². The summed E-state index contributed by atoms with van der Waals surface area (Å²) in [5.41, 5.74) is 0. The van der Waals surface area contributed by atoms with Crippen LogP contribution >= 0.6 is 0 Å². The first-order chi connectivity index (χ1) is 9.65. The smallest absolute Gasteiger partial charge is 0.246 e. The van der Waals surface area contributed by atoms with Gasteiger partial charge in [-0.25, -0.2) is 0 Å².